The zero-order chi connectivity index (χ0) is 8.15. The highest BCUT2D eigenvalue weighted by Gasteiger charge is 2.06. The predicted octanol–water partition coefficient (Wildman–Crippen LogP) is 0.621. The summed E-state index contributed by atoms with van der Waals surface area (Å²) in [4.78, 5) is 20.5. The zero-order valence-electron chi connectivity index (χ0n) is 5.31. The first kappa shape index (κ1) is 8.97. The van der Waals surface area contributed by atoms with Crippen molar-refractivity contribution in [3.8, 4) is 0 Å². The van der Waals surface area contributed by atoms with E-state index in [2.05, 4.69) is 11.3 Å². The number of rotatable bonds is 2. The number of allylic oxidation sites excluding steroid dienone is 1. The Hall–Kier alpha value is -1.03. The lowest BCUT2D eigenvalue weighted by Gasteiger charge is -2.00. The molecule has 0 heterocycles. The van der Waals surface area contributed by atoms with Crippen LogP contribution in [0.15, 0.2) is 12.3 Å². The first-order valence-corrected chi connectivity index (χ1v) is 2.69. The van der Waals surface area contributed by atoms with E-state index in [4.69, 9.17) is 11.6 Å². The minimum atomic E-state index is -0.814. The van der Waals surface area contributed by atoms with E-state index in [0.29, 0.717) is 0 Å². The van der Waals surface area contributed by atoms with E-state index >= 15 is 0 Å². The van der Waals surface area contributed by atoms with Gasteiger partial charge in [0.25, 0.3) is 5.24 Å². The second kappa shape index (κ2) is 3.90. The Kier molecular flexibility index (Phi) is 3.49. The van der Waals surface area contributed by atoms with Crippen LogP contribution in [0.5, 0.6) is 0 Å². The van der Waals surface area contributed by atoms with Gasteiger partial charge in [-0.05, 0) is 11.6 Å². The molecule has 0 aliphatic heterocycles. The van der Waals surface area contributed by atoms with Gasteiger partial charge in [-0.15, -0.1) is 0 Å². The number of carbonyl (C=O) groups excluding carboxylic acids is 2. The van der Waals surface area contributed by atoms with Crippen molar-refractivity contribution in [3.05, 3.63) is 12.3 Å². The molecule has 0 saturated heterocycles. The highest BCUT2D eigenvalue weighted by Crippen LogP contribution is 1.91. The van der Waals surface area contributed by atoms with Gasteiger partial charge in [0.1, 0.15) is 0 Å². The van der Waals surface area contributed by atoms with Crippen molar-refractivity contribution in [1.29, 1.82) is 0 Å². The topological polar surface area (TPSA) is 55.4 Å². The summed E-state index contributed by atoms with van der Waals surface area (Å²) in [7, 11) is 1.17. The molecule has 0 aliphatic rings. The van der Waals surface area contributed by atoms with Gasteiger partial charge in [0.15, 0.2) is 0 Å². The van der Waals surface area contributed by atoms with Crippen molar-refractivity contribution < 1.29 is 14.3 Å². The predicted molar refractivity (Wildman–Crippen MR) is 35.5 cm³/mol. The molecule has 0 rings (SSSR count). The zero-order valence-corrected chi connectivity index (χ0v) is 6.07. The number of amides is 1. The van der Waals surface area contributed by atoms with Gasteiger partial charge in [-0.25, -0.2) is 4.79 Å². The molecular formula is C5H6ClNO3. The first-order valence-electron chi connectivity index (χ1n) is 2.31. The van der Waals surface area contributed by atoms with E-state index in [1.54, 1.807) is 0 Å². The standard InChI is InChI=1S/C5H6ClNO3/c1-3(4(6)8)7-5(9)10-2/h1H2,2H3,(H,7,9). The molecule has 10 heavy (non-hydrogen) atoms. The third-order valence-corrected chi connectivity index (χ3v) is 0.904. The largest absolute Gasteiger partial charge is 0.453 e. The van der Waals surface area contributed by atoms with Crippen LogP contribution in [0.25, 0.3) is 0 Å². The molecule has 0 aromatic heterocycles. The van der Waals surface area contributed by atoms with Crippen LogP contribution in [0.4, 0.5) is 4.79 Å². The Bertz CT molecular complexity index is 178. The summed E-state index contributed by atoms with van der Waals surface area (Å²) in [6.07, 6.45) is -0.765. The van der Waals surface area contributed by atoms with E-state index in [0.717, 1.165) is 0 Å². The molecule has 0 unspecified atom stereocenters. The summed E-state index contributed by atoms with van der Waals surface area (Å²) in [5.74, 6) is 0. The summed E-state index contributed by atoms with van der Waals surface area (Å²) >= 11 is 4.92. The van der Waals surface area contributed by atoms with Crippen molar-refractivity contribution in [2.24, 2.45) is 0 Å². The summed E-state index contributed by atoms with van der Waals surface area (Å²) in [5, 5.41) is 1.18. The minimum Gasteiger partial charge on any atom is -0.453 e. The van der Waals surface area contributed by atoms with Crippen LogP contribution in [0.2, 0.25) is 0 Å². The van der Waals surface area contributed by atoms with E-state index in [9.17, 15) is 9.59 Å². The smallest absolute Gasteiger partial charge is 0.411 e. The highest BCUT2D eigenvalue weighted by molar-refractivity contribution is 6.67. The van der Waals surface area contributed by atoms with Gasteiger partial charge in [-0.1, -0.05) is 6.58 Å². The van der Waals surface area contributed by atoms with Crippen molar-refractivity contribution in [2.45, 2.75) is 0 Å². The Balaban J connectivity index is 3.80. The molecular weight excluding hydrogens is 158 g/mol. The van der Waals surface area contributed by atoms with Gasteiger partial charge in [0.2, 0.25) is 0 Å². The quantitative estimate of drug-likeness (QED) is 0.480. The molecule has 0 radical (unpaired) electrons. The lowest BCUT2D eigenvalue weighted by atomic mass is 10.5. The molecule has 0 saturated carbocycles. The third-order valence-electron chi connectivity index (χ3n) is 0.676. The summed E-state index contributed by atoms with van der Waals surface area (Å²) in [5.41, 5.74) is -0.200. The molecule has 0 aliphatic carbocycles. The van der Waals surface area contributed by atoms with E-state index in [1.807, 2.05) is 5.32 Å². The lowest BCUT2D eigenvalue weighted by molar-refractivity contribution is -0.108. The Morgan fingerprint density at radius 3 is 2.40 bits per heavy atom. The van der Waals surface area contributed by atoms with Crippen molar-refractivity contribution in [1.82, 2.24) is 5.32 Å². The van der Waals surface area contributed by atoms with Crippen LogP contribution in [0.3, 0.4) is 0 Å². The molecule has 4 nitrogen and oxygen atoms in total. The SMILES string of the molecule is C=C(NC(=O)OC)C(=O)Cl. The molecule has 0 fully saturated rings. The maximum absolute atomic E-state index is 10.3. The van der Waals surface area contributed by atoms with Crippen LogP contribution in [-0.4, -0.2) is 18.4 Å². The third kappa shape index (κ3) is 3.09. The second-order valence-electron chi connectivity index (χ2n) is 1.37. The number of halogens is 1. The van der Waals surface area contributed by atoms with Crippen molar-refractivity contribution in [2.75, 3.05) is 7.11 Å². The number of carbonyl (C=O) groups is 2. The minimum absolute atomic E-state index is 0.200. The van der Waals surface area contributed by atoms with E-state index in [1.165, 1.54) is 7.11 Å². The highest BCUT2D eigenvalue weighted by atomic mass is 35.5. The van der Waals surface area contributed by atoms with Crippen LogP contribution in [-0.2, 0) is 9.53 Å². The fourth-order valence-corrected chi connectivity index (χ4v) is 0.271. The molecule has 0 bridgehead atoms. The lowest BCUT2D eigenvalue weighted by Crippen LogP contribution is -2.24. The number of nitrogens with one attached hydrogen (secondary N) is 1. The first-order chi connectivity index (χ1) is 4.57. The maximum Gasteiger partial charge on any atom is 0.411 e. The van der Waals surface area contributed by atoms with Crippen LogP contribution >= 0.6 is 11.6 Å². The Morgan fingerprint density at radius 1 is 1.60 bits per heavy atom. The van der Waals surface area contributed by atoms with E-state index in [-0.39, 0.29) is 5.70 Å². The monoisotopic (exact) mass is 163 g/mol. The van der Waals surface area contributed by atoms with Crippen LogP contribution < -0.4 is 5.32 Å². The Morgan fingerprint density at radius 2 is 2.10 bits per heavy atom. The number of ether oxygens (including phenoxy) is 1. The second-order valence-corrected chi connectivity index (χ2v) is 1.71. The fraction of sp³-hybridized carbons (Fsp3) is 0.200. The van der Waals surface area contributed by atoms with Gasteiger partial charge >= 0.3 is 6.09 Å². The average Bonchev–Trinajstić information content (AvgIpc) is 1.87. The number of hydrogen-bond acceptors (Lipinski definition) is 3. The molecule has 0 aromatic carbocycles. The maximum atomic E-state index is 10.3. The molecule has 0 aromatic rings. The van der Waals surface area contributed by atoms with Gasteiger partial charge in [0, 0.05) is 0 Å². The van der Waals surface area contributed by atoms with Crippen LogP contribution in [0, 0.1) is 0 Å². The molecule has 5 heteroatoms. The Labute approximate surface area is 62.8 Å². The van der Waals surface area contributed by atoms with Crippen molar-refractivity contribution in [3.63, 3.8) is 0 Å². The molecule has 0 spiro atoms. The number of alkyl carbamates (subject to hydrolysis) is 1. The average molecular weight is 164 g/mol. The molecule has 1 amide bonds. The number of methoxy groups -OCH3 is 1. The fourth-order valence-electron chi connectivity index (χ4n) is 0.223. The molecule has 1 N–H and O–H groups in total. The van der Waals surface area contributed by atoms with Crippen molar-refractivity contribution >= 4 is 22.9 Å². The normalized spacial score (nSPS) is 8.20. The van der Waals surface area contributed by atoms with Crippen LogP contribution in [0.1, 0.15) is 0 Å². The molecule has 0 atom stereocenters. The van der Waals surface area contributed by atoms with Gasteiger partial charge in [-0.3, -0.25) is 10.1 Å². The molecule has 56 valence electrons. The number of hydrogen-bond donors (Lipinski definition) is 1. The van der Waals surface area contributed by atoms with Gasteiger partial charge < -0.3 is 4.74 Å². The summed E-state index contributed by atoms with van der Waals surface area (Å²) in [6.45, 7) is 3.15. The van der Waals surface area contributed by atoms with Gasteiger partial charge in [-0.2, -0.15) is 0 Å². The summed E-state index contributed by atoms with van der Waals surface area (Å²) in [6, 6.07) is 0. The summed E-state index contributed by atoms with van der Waals surface area (Å²) < 4.78 is 4.15. The van der Waals surface area contributed by atoms with E-state index < -0.39 is 11.3 Å². The van der Waals surface area contributed by atoms with Gasteiger partial charge in [0.05, 0.1) is 12.8 Å².